The van der Waals surface area contributed by atoms with E-state index in [1.807, 2.05) is 13.0 Å². The SMILES string of the molecule is Cc1nc(NCCNC(=O)CCCN2C(=O)c3ccccc3C2=O)cc(N2CCCC2)n1. The number of nitrogens with one attached hydrogen (secondary N) is 2. The first-order valence-corrected chi connectivity index (χ1v) is 11.1. The molecule has 9 nitrogen and oxygen atoms in total. The minimum atomic E-state index is -0.288. The molecule has 1 aromatic heterocycles. The first-order chi connectivity index (χ1) is 15.5. The lowest BCUT2D eigenvalue weighted by Gasteiger charge is -2.18. The Balaban J connectivity index is 1.17. The molecule has 0 unspecified atom stereocenters. The van der Waals surface area contributed by atoms with Crippen LogP contribution in [0.15, 0.2) is 30.3 Å². The van der Waals surface area contributed by atoms with Crippen LogP contribution in [0.4, 0.5) is 11.6 Å². The average Bonchev–Trinajstić information content (AvgIpc) is 3.40. The molecule has 3 amide bonds. The van der Waals surface area contributed by atoms with Crippen LogP contribution >= 0.6 is 0 Å². The predicted molar refractivity (Wildman–Crippen MR) is 121 cm³/mol. The molecule has 1 saturated heterocycles. The molecule has 0 saturated carbocycles. The fraction of sp³-hybridized carbons (Fsp3) is 0.435. The number of hydrogen-bond donors (Lipinski definition) is 2. The van der Waals surface area contributed by atoms with Gasteiger partial charge < -0.3 is 15.5 Å². The number of rotatable bonds is 9. The van der Waals surface area contributed by atoms with E-state index >= 15 is 0 Å². The van der Waals surface area contributed by atoms with Gasteiger partial charge in [-0.3, -0.25) is 19.3 Å². The van der Waals surface area contributed by atoms with Gasteiger partial charge in [0.05, 0.1) is 11.1 Å². The van der Waals surface area contributed by atoms with E-state index in [1.165, 1.54) is 17.7 Å². The third kappa shape index (κ3) is 4.87. The van der Waals surface area contributed by atoms with Crippen molar-refractivity contribution >= 4 is 29.4 Å². The molecule has 4 rings (SSSR count). The zero-order chi connectivity index (χ0) is 22.5. The van der Waals surface area contributed by atoms with E-state index in [9.17, 15) is 14.4 Å². The molecule has 2 aromatic rings. The van der Waals surface area contributed by atoms with Crippen LogP contribution in [0, 0.1) is 6.92 Å². The highest BCUT2D eigenvalue weighted by atomic mass is 16.2. The summed E-state index contributed by atoms with van der Waals surface area (Å²) in [5.74, 6) is 1.72. The van der Waals surface area contributed by atoms with Crippen LogP contribution in [0.2, 0.25) is 0 Å². The Morgan fingerprint density at radius 1 is 1.03 bits per heavy atom. The summed E-state index contributed by atoms with van der Waals surface area (Å²) in [4.78, 5) is 49.2. The van der Waals surface area contributed by atoms with E-state index in [-0.39, 0.29) is 30.7 Å². The van der Waals surface area contributed by atoms with E-state index in [4.69, 9.17) is 0 Å². The lowest BCUT2D eigenvalue weighted by Crippen LogP contribution is -2.33. The molecule has 0 aliphatic carbocycles. The quantitative estimate of drug-likeness (QED) is 0.457. The van der Waals surface area contributed by atoms with Gasteiger partial charge in [-0.25, -0.2) is 9.97 Å². The normalized spacial score (nSPS) is 15.3. The smallest absolute Gasteiger partial charge is 0.261 e. The van der Waals surface area contributed by atoms with Crippen molar-refractivity contribution in [3.05, 3.63) is 47.3 Å². The van der Waals surface area contributed by atoms with E-state index in [0.717, 1.165) is 24.7 Å². The first-order valence-electron chi connectivity index (χ1n) is 11.1. The third-order valence-electron chi connectivity index (χ3n) is 5.67. The number of aromatic nitrogens is 2. The Morgan fingerprint density at radius 3 is 2.41 bits per heavy atom. The second-order valence-electron chi connectivity index (χ2n) is 8.04. The van der Waals surface area contributed by atoms with Crippen LogP contribution in [0.5, 0.6) is 0 Å². The minimum absolute atomic E-state index is 0.111. The lowest BCUT2D eigenvalue weighted by molar-refractivity contribution is -0.121. The molecule has 3 heterocycles. The zero-order valence-corrected chi connectivity index (χ0v) is 18.3. The number of carbonyl (C=O) groups is 3. The summed E-state index contributed by atoms with van der Waals surface area (Å²) in [5.41, 5.74) is 0.863. The number of amides is 3. The number of anilines is 2. The van der Waals surface area contributed by atoms with Crippen molar-refractivity contribution in [2.45, 2.75) is 32.6 Å². The summed E-state index contributed by atoms with van der Waals surface area (Å²) in [6.07, 6.45) is 3.05. The molecule has 2 aliphatic rings. The van der Waals surface area contributed by atoms with Crippen molar-refractivity contribution in [2.75, 3.05) is 42.9 Å². The largest absolute Gasteiger partial charge is 0.368 e. The summed E-state index contributed by atoms with van der Waals surface area (Å²) < 4.78 is 0. The van der Waals surface area contributed by atoms with E-state index < -0.39 is 0 Å². The average molecular weight is 437 g/mol. The molecule has 0 radical (unpaired) electrons. The van der Waals surface area contributed by atoms with Gasteiger partial charge in [-0.2, -0.15) is 0 Å². The summed E-state index contributed by atoms with van der Waals surface area (Å²) in [6, 6.07) is 8.74. The summed E-state index contributed by atoms with van der Waals surface area (Å²) in [7, 11) is 0. The molecule has 2 aliphatic heterocycles. The van der Waals surface area contributed by atoms with Crippen LogP contribution in [0.1, 0.15) is 52.2 Å². The molecule has 32 heavy (non-hydrogen) atoms. The van der Waals surface area contributed by atoms with Gasteiger partial charge in [0, 0.05) is 45.2 Å². The van der Waals surface area contributed by atoms with Gasteiger partial charge in [0.2, 0.25) is 5.91 Å². The Kier molecular flexibility index (Phi) is 6.63. The van der Waals surface area contributed by atoms with Gasteiger partial charge in [0.25, 0.3) is 11.8 Å². The van der Waals surface area contributed by atoms with Crippen molar-refractivity contribution in [3.8, 4) is 0 Å². The highest BCUT2D eigenvalue weighted by molar-refractivity contribution is 6.21. The van der Waals surface area contributed by atoms with Crippen molar-refractivity contribution in [1.82, 2.24) is 20.2 Å². The fourth-order valence-electron chi connectivity index (χ4n) is 4.07. The molecular formula is C23H28N6O3. The van der Waals surface area contributed by atoms with Crippen LogP contribution in [-0.4, -0.2) is 65.3 Å². The molecule has 9 heteroatoms. The summed E-state index contributed by atoms with van der Waals surface area (Å²) in [6.45, 7) is 5.14. The number of imide groups is 1. The number of nitrogens with zero attached hydrogens (tertiary/aromatic N) is 4. The maximum atomic E-state index is 12.3. The molecule has 0 spiro atoms. The van der Waals surface area contributed by atoms with Gasteiger partial charge in [-0.05, 0) is 38.3 Å². The monoisotopic (exact) mass is 436 g/mol. The number of aryl methyl sites for hydroxylation is 1. The van der Waals surface area contributed by atoms with Gasteiger partial charge >= 0.3 is 0 Å². The molecule has 0 atom stereocenters. The molecule has 1 fully saturated rings. The predicted octanol–water partition coefficient (Wildman–Crippen LogP) is 1.99. The fourth-order valence-corrected chi connectivity index (χ4v) is 4.07. The number of fused-ring (bicyclic) bond motifs is 1. The molecule has 2 N–H and O–H groups in total. The van der Waals surface area contributed by atoms with Gasteiger partial charge in [0.1, 0.15) is 17.5 Å². The van der Waals surface area contributed by atoms with Gasteiger partial charge in [-0.15, -0.1) is 0 Å². The van der Waals surface area contributed by atoms with E-state index in [1.54, 1.807) is 24.3 Å². The standard InChI is InChI=1S/C23H28N6O3/c1-16-26-19(15-20(27-16)28-12-4-5-13-28)24-10-11-25-21(30)9-6-14-29-22(31)17-7-2-3-8-18(17)23(29)32/h2-3,7-8,15H,4-6,9-14H2,1H3,(H,25,30)(H,24,26,27). The third-order valence-corrected chi connectivity index (χ3v) is 5.67. The number of benzene rings is 1. The van der Waals surface area contributed by atoms with Gasteiger partial charge in [0.15, 0.2) is 0 Å². The van der Waals surface area contributed by atoms with Crippen LogP contribution in [-0.2, 0) is 4.79 Å². The Bertz CT molecular complexity index is 984. The maximum absolute atomic E-state index is 12.3. The summed E-state index contributed by atoms with van der Waals surface area (Å²) >= 11 is 0. The lowest BCUT2D eigenvalue weighted by atomic mass is 10.1. The van der Waals surface area contributed by atoms with Crippen molar-refractivity contribution in [3.63, 3.8) is 0 Å². The molecule has 1 aromatic carbocycles. The first kappa shape index (κ1) is 21.7. The maximum Gasteiger partial charge on any atom is 0.261 e. The highest BCUT2D eigenvalue weighted by Gasteiger charge is 2.34. The van der Waals surface area contributed by atoms with Crippen LogP contribution < -0.4 is 15.5 Å². The van der Waals surface area contributed by atoms with E-state index in [0.29, 0.717) is 36.5 Å². The van der Waals surface area contributed by atoms with Crippen LogP contribution in [0.3, 0.4) is 0 Å². The van der Waals surface area contributed by atoms with E-state index in [2.05, 4.69) is 25.5 Å². The molecule has 168 valence electrons. The highest BCUT2D eigenvalue weighted by Crippen LogP contribution is 2.23. The Morgan fingerprint density at radius 2 is 1.72 bits per heavy atom. The number of hydrogen-bond acceptors (Lipinski definition) is 7. The minimum Gasteiger partial charge on any atom is -0.368 e. The van der Waals surface area contributed by atoms with Crippen molar-refractivity contribution in [2.24, 2.45) is 0 Å². The molecule has 0 bridgehead atoms. The topological polar surface area (TPSA) is 108 Å². The Hall–Kier alpha value is -3.49. The van der Waals surface area contributed by atoms with Crippen LogP contribution in [0.25, 0.3) is 0 Å². The second-order valence-corrected chi connectivity index (χ2v) is 8.04. The second kappa shape index (κ2) is 9.76. The molecular weight excluding hydrogens is 408 g/mol. The van der Waals surface area contributed by atoms with Gasteiger partial charge in [-0.1, -0.05) is 12.1 Å². The zero-order valence-electron chi connectivity index (χ0n) is 18.3. The Labute approximate surface area is 187 Å². The van der Waals surface area contributed by atoms with Crippen molar-refractivity contribution in [1.29, 1.82) is 0 Å². The summed E-state index contributed by atoms with van der Waals surface area (Å²) in [5, 5.41) is 6.10. The number of carbonyl (C=O) groups excluding carboxylic acids is 3. The van der Waals surface area contributed by atoms with Crippen molar-refractivity contribution < 1.29 is 14.4 Å².